The number of nitrogens with zero attached hydrogens (tertiary/aromatic N) is 1. The van der Waals surface area contributed by atoms with Crippen LogP contribution in [0.15, 0.2) is 18.2 Å². The molecule has 0 radical (unpaired) electrons. The number of fused-ring (bicyclic) bond motifs is 1. The van der Waals surface area contributed by atoms with Crippen molar-refractivity contribution in [2.24, 2.45) is 5.92 Å². The van der Waals surface area contributed by atoms with E-state index >= 15 is 0 Å². The number of alkyl halides is 3. The number of halogens is 3. The zero-order valence-corrected chi connectivity index (χ0v) is 12.8. The van der Waals surface area contributed by atoms with Gasteiger partial charge in [-0.15, -0.1) is 13.2 Å². The summed E-state index contributed by atoms with van der Waals surface area (Å²) >= 11 is 0. The van der Waals surface area contributed by atoms with Crippen molar-refractivity contribution < 1.29 is 22.0 Å². The van der Waals surface area contributed by atoms with Crippen LogP contribution in [-0.4, -0.2) is 30.8 Å². The van der Waals surface area contributed by atoms with E-state index in [0.717, 1.165) is 36.8 Å². The third-order valence-corrected chi connectivity index (χ3v) is 6.04. The van der Waals surface area contributed by atoms with Gasteiger partial charge in [-0.05, 0) is 68.4 Å². The lowest BCUT2D eigenvalue weighted by Crippen LogP contribution is -2.59. The summed E-state index contributed by atoms with van der Waals surface area (Å²) in [4.78, 5) is 1.64. The lowest BCUT2D eigenvalue weighted by molar-refractivity contribution is -0.274. The van der Waals surface area contributed by atoms with E-state index < -0.39 is 13.3 Å². The standard InChI is InChI=1S/C18H22F3NO/c1-22-9-8-17-7-3-2-4-14(17)16(22)10-12-5-6-13(11-15(12)17)23-18(19,20)21/h5-6,11,14,16H,2-4,7-10H2,1H3/t14-,16+,17?/m1/s1/i1D3. The first-order chi connectivity index (χ1) is 12.1. The van der Waals surface area contributed by atoms with Crippen molar-refractivity contribution in [3.05, 3.63) is 29.3 Å². The Bertz CT molecular complexity index is 706. The fourth-order valence-electron chi connectivity index (χ4n) is 5.18. The normalized spacial score (nSPS) is 36.2. The highest BCUT2D eigenvalue weighted by molar-refractivity contribution is 5.45. The van der Waals surface area contributed by atoms with E-state index in [1.54, 1.807) is 17.0 Å². The molecule has 3 atom stereocenters. The number of hydrogen-bond acceptors (Lipinski definition) is 2. The van der Waals surface area contributed by atoms with Gasteiger partial charge in [-0.25, -0.2) is 0 Å². The lowest BCUT2D eigenvalue weighted by atomic mass is 9.52. The van der Waals surface area contributed by atoms with E-state index in [9.17, 15) is 13.2 Å². The van der Waals surface area contributed by atoms with Crippen molar-refractivity contribution in [1.29, 1.82) is 0 Å². The van der Waals surface area contributed by atoms with Gasteiger partial charge in [-0.3, -0.25) is 0 Å². The van der Waals surface area contributed by atoms with Crippen LogP contribution >= 0.6 is 0 Å². The Hall–Kier alpha value is -1.23. The van der Waals surface area contributed by atoms with E-state index in [1.807, 2.05) is 0 Å². The molecule has 2 bridgehead atoms. The van der Waals surface area contributed by atoms with Gasteiger partial charge in [0.05, 0.1) is 0 Å². The summed E-state index contributed by atoms with van der Waals surface area (Å²) in [6.07, 6.45) is 0.459. The van der Waals surface area contributed by atoms with Crippen molar-refractivity contribution in [2.45, 2.75) is 56.3 Å². The third-order valence-electron chi connectivity index (χ3n) is 6.04. The number of piperidine rings is 1. The highest BCUT2D eigenvalue weighted by Crippen LogP contribution is 2.56. The second kappa shape index (κ2) is 5.13. The van der Waals surface area contributed by atoms with E-state index in [4.69, 9.17) is 4.11 Å². The van der Waals surface area contributed by atoms with Gasteiger partial charge in [0.2, 0.25) is 0 Å². The zero-order valence-electron chi connectivity index (χ0n) is 15.8. The molecule has 2 fully saturated rings. The molecule has 2 aliphatic carbocycles. The minimum absolute atomic E-state index is 0.0709. The van der Waals surface area contributed by atoms with Crippen molar-refractivity contribution in [3.8, 4) is 5.75 Å². The summed E-state index contributed by atoms with van der Waals surface area (Å²) < 4.78 is 65.8. The van der Waals surface area contributed by atoms with E-state index in [-0.39, 0.29) is 23.1 Å². The molecule has 2 nitrogen and oxygen atoms in total. The highest BCUT2D eigenvalue weighted by Gasteiger charge is 2.53. The molecule has 1 heterocycles. The Morgan fingerprint density at radius 2 is 2.17 bits per heavy atom. The van der Waals surface area contributed by atoms with Crippen LogP contribution in [0.5, 0.6) is 5.75 Å². The molecule has 0 aromatic heterocycles. The molecule has 1 aliphatic heterocycles. The van der Waals surface area contributed by atoms with Gasteiger partial charge in [0.1, 0.15) is 5.75 Å². The molecule has 5 heteroatoms. The van der Waals surface area contributed by atoms with Crippen LogP contribution < -0.4 is 4.74 Å². The zero-order chi connectivity index (χ0) is 18.7. The molecular formula is C18H22F3NO. The Morgan fingerprint density at radius 3 is 2.96 bits per heavy atom. The van der Waals surface area contributed by atoms with Crippen molar-refractivity contribution in [2.75, 3.05) is 13.5 Å². The van der Waals surface area contributed by atoms with Crippen molar-refractivity contribution >= 4 is 0 Å². The summed E-state index contributed by atoms with van der Waals surface area (Å²) in [5.41, 5.74) is 1.70. The first kappa shape index (κ1) is 12.2. The first-order valence-electron chi connectivity index (χ1n) is 9.76. The minimum Gasteiger partial charge on any atom is -0.406 e. The molecule has 1 aromatic carbocycles. The van der Waals surface area contributed by atoms with Gasteiger partial charge >= 0.3 is 6.36 Å². The summed E-state index contributed by atoms with van der Waals surface area (Å²) in [5.74, 6) is 0.00529. The first-order valence-corrected chi connectivity index (χ1v) is 8.26. The van der Waals surface area contributed by atoms with Crippen LogP contribution in [-0.2, 0) is 11.8 Å². The molecule has 1 aromatic rings. The van der Waals surface area contributed by atoms with Gasteiger partial charge in [-0.1, -0.05) is 18.9 Å². The number of likely N-dealkylation sites (N-methyl/N-ethyl adjacent to an activating group) is 1. The average Bonchev–Trinajstić information content (AvgIpc) is 2.53. The van der Waals surface area contributed by atoms with Gasteiger partial charge < -0.3 is 9.64 Å². The molecule has 126 valence electrons. The van der Waals surface area contributed by atoms with Gasteiger partial charge in [0, 0.05) is 15.6 Å². The molecule has 1 saturated heterocycles. The Labute approximate surface area is 138 Å². The Balaban J connectivity index is 1.78. The Kier molecular flexibility index (Phi) is 2.72. The van der Waals surface area contributed by atoms with Gasteiger partial charge in [0.15, 0.2) is 0 Å². The largest absolute Gasteiger partial charge is 0.573 e. The lowest BCUT2D eigenvalue weighted by Gasteiger charge is -2.58. The minimum atomic E-state index is -4.71. The van der Waals surface area contributed by atoms with E-state index in [2.05, 4.69) is 4.74 Å². The maximum atomic E-state index is 12.6. The molecular weight excluding hydrogens is 303 g/mol. The summed E-state index contributed by atoms with van der Waals surface area (Å²) in [5, 5.41) is 0. The van der Waals surface area contributed by atoms with Crippen LogP contribution in [0, 0.1) is 5.92 Å². The topological polar surface area (TPSA) is 12.5 Å². The smallest absolute Gasteiger partial charge is 0.406 e. The average molecular weight is 328 g/mol. The Morgan fingerprint density at radius 1 is 1.30 bits per heavy atom. The molecule has 1 unspecified atom stereocenters. The number of benzene rings is 1. The maximum Gasteiger partial charge on any atom is 0.573 e. The molecule has 4 rings (SSSR count). The summed E-state index contributed by atoms with van der Waals surface area (Å²) in [6, 6.07) is 4.53. The molecule has 0 spiro atoms. The third kappa shape index (κ3) is 2.44. The second-order valence-corrected chi connectivity index (χ2v) is 7.09. The van der Waals surface area contributed by atoms with Crippen LogP contribution in [0.25, 0.3) is 0 Å². The fraction of sp³-hybridized carbons (Fsp3) is 0.667. The van der Waals surface area contributed by atoms with E-state index in [1.165, 1.54) is 6.07 Å². The fourth-order valence-corrected chi connectivity index (χ4v) is 5.18. The number of rotatable bonds is 1. The molecule has 23 heavy (non-hydrogen) atoms. The predicted molar refractivity (Wildman–Crippen MR) is 81.5 cm³/mol. The molecule has 1 saturated carbocycles. The number of likely N-dealkylation sites (tertiary alicyclic amines) is 1. The van der Waals surface area contributed by atoms with Crippen LogP contribution in [0.2, 0.25) is 0 Å². The highest BCUT2D eigenvalue weighted by atomic mass is 19.4. The predicted octanol–water partition coefficient (Wildman–Crippen LogP) is 4.27. The van der Waals surface area contributed by atoms with Gasteiger partial charge in [0.25, 0.3) is 0 Å². The van der Waals surface area contributed by atoms with E-state index in [0.29, 0.717) is 19.4 Å². The quantitative estimate of drug-likeness (QED) is 0.763. The maximum absolute atomic E-state index is 12.6. The summed E-state index contributed by atoms with van der Waals surface area (Å²) in [6.45, 7) is -1.67. The second-order valence-electron chi connectivity index (χ2n) is 7.09. The van der Waals surface area contributed by atoms with Crippen LogP contribution in [0.4, 0.5) is 13.2 Å². The SMILES string of the molecule is [2H]C([2H])([2H])N1CCC23CCCC[C@@H]2[C@@H]1Cc1ccc(OC(F)(F)F)cc13. The molecule has 3 aliphatic rings. The number of ether oxygens (including phenoxy) is 1. The summed E-state index contributed by atoms with van der Waals surface area (Å²) in [7, 11) is 0. The van der Waals surface area contributed by atoms with Crippen molar-refractivity contribution in [1.82, 2.24) is 4.90 Å². The van der Waals surface area contributed by atoms with Crippen molar-refractivity contribution in [3.63, 3.8) is 0 Å². The monoisotopic (exact) mass is 328 g/mol. The molecule has 0 amide bonds. The van der Waals surface area contributed by atoms with Crippen LogP contribution in [0.3, 0.4) is 0 Å². The number of hydrogen-bond donors (Lipinski definition) is 0. The molecule has 0 N–H and O–H groups in total. The van der Waals surface area contributed by atoms with Crippen LogP contribution in [0.1, 0.15) is 47.3 Å². The van der Waals surface area contributed by atoms with Gasteiger partial charge in [-0.2, -0.15) is 0 Å².